The maximum Gasteiger partial charge on any atom is 0.266 e. The molecule has 0 fully saturated rings. The number of carbonyl (C=O) groups is 1. The first-order valence-electron chi connectivity index (χ1n) is 8.86. The number of hydrogen-bond acceptors (Lipinski definition) is 5. The highest BCUT2D eigenvalue weighted by molar-refractivity contribution is 6.32. The highest BCUT2D eigenvalue weighted by Crippen LogP contribution is 2.37. The number of nitrogens with one attached hydrogen (secondary N) is 1. The normalized spacial score (nSPS) is 10.6. The van der Waals surface area contributed by atoms with E-state index in [0.29, 0.717) is 23.6 Å². The Bertz CT molecular complexity index is 1030. The lowest BCUT2D eigenvalue weighted by atomic mass is 10.1. The minimum absolute atomic E-state index is 0.0887. The molecular weight excluding hydrogens is 390 g/mol. The van der Waals surface area contributed by atoms with Crippen LogP contribution in [0.4, 0.5) is 5.69 Å². The molecule has 1 amide bonds. The molecule has 2 aromatic rings. The van der Waals surface area contributed by atoms with Gasteiger partial charge < -0.3 is 14.8 Å². The molecular formula is C22H20ClN3O3. The number of nitrogens with zero attached hydrogens (tertiary/aromatic N) is 2. The maximum atomic E-state index is 12.6. The number of ether oxygens (including phenoxy) is 2. The van der Waals surface area contributed by atoms with Crippen LogP contribution < -0.4 is 14.8 Å². The number of carbonyl (C=O) groups excluding carboxylic acids is 1. The Morgan fingerprint density at radius 3 is 2.59 bits per heavy atom. The summed E-state index contributed by atoms with van der Waals surface area (Å²) in [6.45, 7) is 5.80. The number of amides is 1. The predicted molar refractivity (Wildman–Crippen MR) is 112 cm³/mol. The summed E-state index contributed by atoms with van der Waals surface area (Å²) in [7, 11) is 0. The summed E-state index contributed by atoms with van der Waals surface area (Å²) in [4.78, 5) is 12.6. The van der Waals surface area contributed by atoms with Crippen molar-refractivity contribution < 1.29 is 14.3 Å². The number of nitriles is 2. The molecule has 7 heteroatoms. The van der Waals surface area contributed by atoms with Gasteiger partial charge in [-0.25, -0.2) is 0 Å². The van der Waals surface area contributed by atoms with Crippen molar-refractivity contribution in [2.75, 3.05) is 18.5 Å². The van der Waals surface area contributed by atoms with Gasteiger partial charge in [-0.15, -0.1) is 0 Å². The molecule has 1 N–H and O–H groups in total. The smallest absolute Gasteiger partial charge is 0.266 e. The lowest BCUT2D eigenvalue weighted by molar-refractivity contribution is -0.112. The largest absolute Gasteiger partial charge is 0.490 e. The lowest BCUT2D eigenvalue weighted by Gasteiger charge is -2.13. The number of rotatable bonds is 7. The molecule has 0 spiro atoms. The number of halogens is 1. The van der Waals surface area contributed by atoms with Gasteiger partial charge in [0.05, 0.1) is 11.6 Å². The second-order valence-corrected chi connectivity index (χ2v) is 6.56. The van der Waals surface area contributed by atoms with Gasteiger partial charge in [-0.05, 0) is 56.2 Å². The molecule has 2 rings (SSSR count). The standard InChI is InChI=1S/C22H20ClN3O3/c1-4-28-20-12-16(11-18(23)21(20)29-8-7-24)10-17(13-25)22(27)26-19-6-5-14(2)9-15(19)3/h5-6,9-12H,4,8H2,1-3H3,(H,26,27)/b17-10+. The third kappa shape index (κ3) is 5.75. The van der Waals surface area contributed by atoms with Gasteiger partial charge in [-0.3, -0.25) is 4.79 Å². The molecule has 0 aliphatic rings. The third-order valence-electron chi connectivity index (χ3n) is 3.92. The second-order valence-electron chi connectivity index (χ2n) is 6.15. The summed E-state index contributed by atoms with van der Waals surface area (Å²) >= 11 is 6.25. The minimum Gasteiger partial charge on any atom is -0.490 e. The van der Waals surface area contributed by atoms with E-state index in [1.165, 1.54) is 6.08 Å². The van der Waals surface area contributed by atoms with Crippen LogP contribution in [0.2, 0.25) is 5.02 Å². The molecule has 0 aliphatic carbocycles. The van der Waals surface area contributed by atoms with Gasteiger partial charge in [-0.2, -0.15) is 10.5 Å². The quantitative estimate of drug-likeness (QED) is 0.523. The van der Waals surface area contributed by atoms with Gasteiger partial charge in [0.15, 0.2) is 18.1 Å². The van der Waals surface area contributed by atoms with Gasteiger partial charge in [0.2, 0.25) is 0 Å². The van der Waals surface area contributed by atoms with E-state index in [1.54, 1.807) is 25.1 Å². The van der Waals surface area contributed by atoms with Crippen molar-refractivity contribution in [3.63, 3.8) is 0 Å². The molecule has 0 aromatic heterocycles. The number of benzene rings is 2. The van der Waals surface area contributed by atoms with Gasteiger partial charge in [0.1, 0.15) is 17.7 Å². The van der Waals surface area contributed by atoms with E-state index in [1.807, 2.05) is 38.1 Å². The average molecular weight is 410 g/mol. The minimum atomic E-state index is -0.529. The van der Waals surface area contributed by atoms with Crippen LogP contribution in [0.25, 0.3) is 6.08 Å². The predicted octanol–water partition coefficient (Wildman–Crippen LogP) is 4.80. The summed E-state index contributed by atoms with van der Waals surface area (Å²) in [5, 5.41) is 21.1. The van der Waals surface area contributed by atoms with E-state index in [0.717, 1.165) is 11.1 Å². The summed E-state index contributed by atoms with van der Waals surface area (Å²) in [5.74, 6) is 0.0392. The van der Waals surface area contributed by atoms with Crippen molar-refractivity contribution in [1.82, 2.24) is 0 Å². The van der Waals surface area contributed by atoms with Crippen LogP contribution in [0.15, 0.2) is 35.9 Å². The number of aryl methyl sites for hydroxylation is 2. The lowest BCUT2D eigenvalue weighted by Crippen LogP contribution is -2.14. The number of anilines is 1. The molecule has 0 saturated carbocycles. The highest BCUT2D eigenvalue weighted by Gasteiger charge is 2.15. The second kappa shape index (κ2) is 10.2. The summed E-state index contributed by atoms with van der Waals surface area (Å²) < 4.78 is 10.8. The van der Waals surface area contributed by atoms with E-state index >= 15 is 0 Å². The molecule has 0 radical (unpaired) electrons. The Morgan fingerprint density at radius 1 is 1.21 bits per heavy atom. The Morgan fingerprint density at radius 2 is 1.97 bits per heavy atom. The van der Waals surface area contributed by atoms with Crippen molar-refractivity contribution in [3.8, 4) is 23.6 Å². The maximum absolute atomic E-state index is 12.6. The third-order valence-corrected chi connectivity index (χ3v) is 4.20. The molecule has 0 aliphatic heterocycles. The van der Waals surface area contributed by atoms with Crippen LogP contribution in [-0.2, 0) is 4.79 Å². The molecule has 0 unspecified atom stereocenters. The summed E-state index contributed by atoms with van der Waals surface area (Å²) in [5.41, 5.74) is 3.02. The fraction of sp³-hybridized carbons (Fsp3) is 0.227. The fourth-order valence-corrected chi connectivity index (χ4v) is 2.91. The van der Waals surface area contributed by atoms with Crippen molar-refractivity contribution in [1.29, 1.82) is 10.5 Å². The van der Waals surface area contributed by atoms with Crippen molar-refractivity contribution in [3.05, 3.63) is 57.6 Å². The fourth-order valence-electron chi connectivity index (χ4n) is 2.64. The topological polar surface area (TPSA) is 95.1 Å². The molecule has 29 heavy (non-hydrogen) atoms. The molecule has 2 aromatic carbocycles. The van der Waals surface area contributed by atoms with Crippen LogP contribution in [0, 0.1) is 36.5 Å². The SMILES string of the molecule is CCOc1cc(/C=C(\C#N)C(=O)Nc2ccc(C)cc2C)cc(Cl)c1OCC#N. The molecule has 0 bridgehead atoms. The Kier molecular flexibility index (Phi) is 7.65. The van der Waals surface area contributed by atoms with E-state index in [4.69, 9.17) is 26.3 Å². The first kappa shape index (κ1) is 21.8. The monoisotopic (exact) mass is 409 g/mol. The van der Waals surface area contributed by atoms with E-state index in [-0.39, 0.29) is 23.0 Å². The van der Waals surface area contributed by atoms with Crippen molar-refractivity contribution >= 4 is 29.3 Å². The summed E-state index contributed by atoms with van der Waals surface area (Å²) in [6, 6.07) is 12.5. The van der Waals surface area contributed by atoms with Crippen molar-refractivity contribution in [2.24, 2.45) is 0 Å². The average Bonchev–Trinajstić information content (AvgIpc) is 2.67. The van der Waals surface area contributed by atoms with Crippen LogP contribution in [0.1, 0.15) is 23.6 Å². The Labute approximate surface area is 174 Å². The van der Waals surface area contributed by atoms with Crippen LogP contribution in [0.3, 0.4) is 0 Å². The molecule has 0 atom stereocenters. The summed E-state index contributed by atoms with van der Waals surface area (Å²) in [6.07, 6.45) is 1.42. The first-order chi connectivity index (χ1) is 13.9. The molecule has 0 heterocycles. The molecule has 6 nitrogen and oxygen atoms in total. The van der Waals surface area contributed by atoms with Gasteiger partial charge in [-0.1, -0.05) is 29.3 Å². The van der Waals surface area contributed by atoms with Gasteiger partial charge in [0, 0.05) is 5.69 Å². The zero-order valence-electron chi connectivity index (χ0n) is 16.4. The first-order valence-corrected chi connectivity index (χ1v) is 9.23. The van der Waals surface area contributed by atoms with E-state index in [2.05, 4.69) is 5.32 Å². The highest BCUT2D eigenvalue weighted by atomic mass is 35.5. The molecule has 0 saturated heterocycles. The van der Waals surface area contributed by atoms with E-state index in [9.17, 15) is 10.1 Å². The van der Waals surface area contributed by atoms with Crippen LogP contribution >= 0.6 is 11.6 Å². The van der Waals surface area contributed by atoms with Crippen LogP contribution in [-0.4, -0.2) is 19.1 Å². The van der Waals surface area contributed by atoms with Crippen LogP contribution in [0.5, 0.6) is 11.5 Å². The van der Waals surface area contributed by atoms with E-state index < -0.39 is 5.91 Å². The Hall–Kier alpha value is -3.48. The Balaban J connectivity index is 2.35. The molecule has 148 valence electrons. The van der Waals surface area contributed by atoms with Gasteiger partial charge in [0.25, 0.3) is 5.91 Å². The van der Waals surface area contributed by atoms with Gasteiger partial charge >= 0.3 is 0 Å². The number of hydrogen-bond donors (Lipinski definition) is 1. The van der Waals surface area contributed by atoms with Crippen molar-refractivity contribution in [2.45, 2.75) is 20.8 Å². The zero-order valence-corrected chi connectivity index (χ0v) is 17.1. The zero-order chi connectivity index (χ0) is 21.4.